The molecule has 0 aromatic carbocycles. The molecule has 0 radical (unpaired) electrons. The Balaban J connectivity index is 0.000000735. The molecular weight excluding hydrogens is 449 g/mol. The zero-order valence-electron chi connectivity index (χ0n) is 15.8. The van der Waals surface area contributed by atoms with Crippen LogP contribution in [0.4, 0.5) is 13.2 Å². The quantitative estimate of drug-likeness (QED) is 0.580. The van der Waals surface area contributed by atoms with Gasteiger partial charge in [0, 0.05) is 13.1 Å². The highest BCUT2D eigenvalue weighted by atomic mass is 32.2. The monoisotopic (exact) mass is 465 g/mol. The molecular formula is C16H16F3N4O5S2-. The van der Waals surface area contributed by atoms with Crippen molar-refractivity contribution in [2.75, 3.05) is 12.0 Å². The number of hydrogen-bond donors (Lipinski definition) is 1. The first-order chi connectivity index (χ1) is 13.8. The van der Waals surface area contributed by atoms with Crippen LogP contribution >= 0.6 is 0 Å². The molecule has 0 aliphatic heterocycles. The molecule has 0 spiro atoms. The molecule has 0 amide bonds. The lowest BCUT2D eigenvalue weighted by atomic mass is 10.3. The number of rotatable bonds is 3. The number of imidazole rings is 1. The van der Waals surface area contributed by atoms with Gasteiger partial charge in [0.25, 0.3) is 0 Å². The van der Waals surface area contributed by atoms with Crippen molar-refractivity contribution in [1.29, 1.82) is 0 Å². The highest BCUT2D eigenvalue weighted by Crippen LogP contribution is 2.33. The Hall–Kier alpha value is -2.58. The Kier molecular flexibility index (Phi) is 6.83. The Morgan fingerprint density at radius 2 is 1.83 bits per heavy atom. The van der Waals surface area contributed by atoms with E-state index in [0.29, 0.717) is 0 Å². The maximum Gasteiger partial charge on any atom is 0.433 e. The summed E-state index contributed by atoms with van der Waals surface area (Å²) in [6, 6.07) is 1.83. The average molecular weight is 465 g/mol. The number of aromatic nitrogens is 4. The lowest BCUT2D eigenvalue weighted by Crippen LogP contribution is -2.08. The fourth-order valence-corrected chi connectivity index (χ4v) is 3.50. The zero-order chi connectivity index (χ0) is 22.9. The molecule has 3 aromatic heterocycles. The second-order valence-electron chi connectivity index (χ2n) is 5.90. The highest BCUT2D eigenvalue weighted by Gasteiger charge is 2.33. The molecule has 0 aliphatic rings. The summed E-state index contributed by atoms with van der Waals surface area (Å²) >= 11 is -1.86. The number of pyridine rings is 2. The third-order valence-electron chi connectivity index (χ3n) is 3.82. The molecule has 30 heavy (non-hydrogen) atoms. The number of aryl methyl sites for hydroxylation is 1. The summed E-state index contributed by atoms with van der Waals surface area (Å²) in [6.07, 6.45) is -1.48. The lowest BCUT2D eigenvalue weighted by Gasteiger charge is -2.09. The number of alkyl halides is 3. The first kappa shape index (κ1) is 23.7. The minimum Gasteiger partial charge on any atom is -0.773 e. The molecule has 0 fully saturated rings. The van der Waals surface area contributed by atoms with Gasteiger partial charge in [-0.1, -0.05) is 18.0 Å². The molecule has 9 nitrogen and oxygen atoms in total. The number of halogens is 3. The third-order valence-corrected chi connectivity index (χ3v) is 5.56. The van der Waals surface area contributed by atoms with Gasteiger partial charge in [-0.15, -0.1) is 0 Å². The predicted molar refractivity (Wildman–Crippen MR) is 101 cm³/mol. The first-order valence-electron chi connectivity index (χ1n) is 8.10. The standard InChI is InChI=1S/C15H13F3N4O3S.CH4O2S/c1-3-26(24,25)11-4-8(23)6-20-13(11)14-21-9-5-12(15(16,17)18)19-7-10(9)22(14)2;1-4(2)3/h4-7,23H,3H2,1-2H3;1H3,(H,2,3)/p-1. The summed E-state index contributed by atoms with van der Waals surface area (Å²) in [5, 5.41) is 9.59. The van der Waals surface area contributed by atoms with Crippen LogP contribution < -0.4 is 0 Å². The molecule has 3 rings (SSSR count). The molecule has 14 heteroatoms. The normalized spacial score (nSPS) is 13.0. The molecule has 164 valence electrons. The predicted octanol–water partition coefficient (Wildman–Crippen LogP) is 2.04. The maximum atomic E-state index is 12.8. The molecule has 0 saturated carbocycles. The minimum atomic E-state index is -4.63. The van der Waals surface area contributed by atoms with E-state index in [1.54, 1.807) is 0 Å². The Morgan fingerprint density at radius 3 is 2.37 bits per heavy atom. The fourth-order valence-electron chi connectivity index (χ4n) is 2.45. The summed E-state index contributed by atoms with van der Waals surface area (Å²) in [7, 11) is -2.25. The number of hydrogen-bond acceptors (Lipinski definition) is 8. The van der Waals surface area contributed by atoms with Crippen molar-refractivity contribution in [3.8, 4) is 17.3 Å². The van der Waals surface area contributed by atoms with Crippen LogP contribution in [0.3, 0.4) is 0 Å². The zero-order valence-corrected chi connectivity index (χ0v) is 17.5. The second-order valence-corrected chi connectivity index (χ2v) is 8.94. The lowest BCUT2D eigenvalue weighted by molar-refractivity contribution is -0.141. The van der Waals surface area contributed by atoms with Gasteiger partial charge in [0.2, 0.25) is 0 Å². The van der Waals surface area contributed by atoms with Crippen LogP contribution in [0.5, 0.6) is 5.75 Å². The number of fused-ring (bicyclic) bond motifs is 1. The van der Waals surface area contributed by atoms with Crippen molar-refractivity contribution in [3.63, 3.8) is 0 Å². The first-order valence-corrected chi connectivity index (χ1v) is 11.2. The molecule has 3 heterocycles. The average Bonchev–Trinajstić information content (AvgIpc) is 2.96. The molecule has 1 N–H and O–H groups in total. The summed E-state index contributed by atoms with van der Waals surface area (Å²) in [5.41, 5.74) is -0.881. The largest absolute Gasteiger partial charge is 0.773 e. The van der Waals surface area contributed by atoms with Gasteiger partial charge in [-0.25, -0.2) is 23.4 Å². The SMILES string of the molecule is CCS(=O)(=O)c1cc(O)cnc1-c1nc2cc(C(F)(F)F)ncc2n1C.CS(=O)[O-]. The van der Waals surface area contributed by atoms with E-state index in [9.17, 15) is 26.7 Å². The van der Waals surface area contributed by atoms with E-state index in [4.69, 9.17) is 8.76 Å². The highest BCUT2D eigenvalue weighted by molar-refractivity contribution is 7.91. The molecule has 3 aromatic rings. The van der Waals surface area contributed by atoms with E-state index in [-0.39, 0.29) is 38.9 Å². The van der Waals surface area contributed by atoms with Crippen LogP contribution in [0.25, 0.3) is 22.6 Å². The molecule has 0 bridgehead atoms. The van der Waals surface area contributed by atoms with Crippen molar-refractivity contribution in [2.24, 2.45) is 7.05 Å². The fraction of sp³-hybridized carbons (Fsp3) is 0.312. The van der Waals surface area contributed by atoms with Crippen molar-refractivity contribution < 1.29 is 35.5 Å². The van der Waals surface area contributed by atoms with E-state index in [1.807, 2.05) is 0 Å². The van der Waals surface area contributed by atoms with Gasteiger partial charge in [0.1, 0.15) is 17.1 Å². The number of sulfone groups is 1. The Morgan fingerprint density at radius 1 is 1.23 bits per heavy atom. The van der Waals surface area contributed by atoms with Crippen LogP contribution in [0.15, 0.2) is 29.4 Å². The van der Waals surface area contributed by atoms with Crippen LogP contribution in [-0.4, -0.2) is 53.8 Å². The Labute approximate surface area is 171 Å². The maximum absolute atomic E-state index is 12.8. The summed E-state index contributed by atoms with van der Waals surface area (Å²) in [6.45, 7) is 1.43. The number of aromatic hydroxyl groups is 1. The number of nitrogens with zero attached hydrogens (tertiary/aromatic N) is 4. The second kappa shape index (κ2) is 8.65. The van der Waals surface area contributed by atoms with E-state index < -0.39 is 32.8 Å². The summed E-state index contributed by atoms with van der Waals surface area (Å²) in [5.74, 6) is -0.539. The summed E-state index contributed by atoms with van der Waals surface area (Å²) in [4.78, 5) is 11.2. The smallest absolute Gasteiger partial charge is 0.433 e. The van der Waals surface area contributed by atoms with Gasteiger partial charge >= 0.3 is 6.18 Å². The third kappa shape index (κ3) is 5.12. The minimum absolute atomic E-state index is 0.000420. The van der Waals surface area contributed by atoms with Crippen molar-refractivity contribution in [1.82, 2.24) is 19.5 Å². The van der Waals surface area contributed by atoms with Gasteiger partial charge in [-0.3, -0.25) is 4.21 Å². The molecule has 0 saturated heterocycles. The van der Waals surface area contributed by atoms with Crippen LogP contribution in [-0.2, 0) is 34.1 Å². The van der Waals surface area contributed by atoms with Crippen LogP contribution in [0, 0.1) is 0 Å². The van der Waals surface area contributed by atoms with Crippen molar-refractivity contribution >= 4 is 32.0 Å². The van der Waals surface area contributed by atoms with Crippen molar-refractivity contribution in [3.05, 3.63) is 30.2 Å². The topological polar surface area (TPSA) is 138 Å². The van der Waals surface area contributed by atoms with Gasteiger partial charge in [-0.05, 0) is 12.3 Å². The van der Waals surface area contributed by atoms with E-state index >= 15 is 0 Å². The van der Waals surface area contributed by atoms with Crippen LogP contribution in [0.1, 0.15) is 12.6 Å². The van der Waals surface area contributed by atoms with Gasteiger partial charge < -0.3 is 14.2 Å². The van der Waals surface area contributed by atoms with E-state index in [1.165, 1.54) is 18.5 Å². The van der Waals surface area contributed by atoms with Gasteiger partial charge in [0.15, 0.2) is 15.7 Å². The molecule has 0 aliphatic carbocycles. The van der Waals surface area contributed by atoms with E-state index in [0.717, 1.165) is 30.8 Å². The van der Waals surface area contributed by atoms with Crippen LogP contribution in [0.2, 0.25) is 0 Å². The summed E-state index contributed by atoms with van der Waals surface area (Å²) < 4.78 is 82.5. The Bertz CT molecular complexity index is 1210. The van der Waals surface area contributed by atoms with Crippen molar-refractivity contribution in [2.45, 2.75) is 18.0 Å². The molecule has 1 unspecified atom stereocenters. The van der Waals surface area contributed by atoms with E-state index in [2.05, 4.69) is 15.0 Å². The molecule has 1 atom stereocenters. The van der Waals surface area contributed by atoms with Gasteiger partial charge in [0.05, 0.1) is 34.1 Å². The van der Waals surface area contributed by atoms with Gasteiger partial charge in [-0.2, -0.15) is 13.2 Å².